The summed E-state index contributed by atoms with van der Waals surface area (Å²) in [6.07, 6.45) is 2.39. The first-order valence-corrected chi connectivity index (χ1v) is 7.50. The number of guanidine groups is 1. The van der Waals surface area contributed by atoms with Gasteiger partial charge in [0, 0.05) is 13.1 Å². The number of hydrogen-bond donors (Lipinski definition) is 1. The van der Waals surface area contributed by atoms with E-state index in [1.807, 2.05) is 24.3 Å². The lowest BCUT2D eigenvalue weighted by Gasteiger charge is -2.31. The molecule has 5 nitrogen and oxygen atoms in total. The molecule has 0 amide bonds. The van der Waals surface area contributed by atoms with Gasteiger partial charge < -0.3 is 20.1 Å². The van der Waals surface area contributed by atoms with Crippen LogP contribution in [0.4, 0.5) is 0 Å². The van der Waals surface area contributed by atoms with Crippen LogP contribution in [0, 0.1) is 5.92 Å². The zero-order valence-corrected chi connectivity index (χ0v) is 12.9. The van der Waals surface area contributed by atoms with Crippen molar-refractivity contribution in [3.63, 3.8) is 0 Å². The fraction of sp³-hybridized carbons (Fsp3) is 0.562. The van der Waals surface area contributed by atoms with Gasteiger partial charge in [-0.25, -0.2) is 4.99 Å². The summed E-state index contributed by atoms with van der Waals surface area (Å²) in [5, 5.41) is 0. The summed E-state index contributed by atoms with van der Waals surface area (Å²) in [6, 6.07) is 7.53. The van der Waals surface area contributed by atoms with E-state index in [0.29, 0.717) is 19.1 Å². The molecule has 1 saturated heterocycles. The molecular formula is C16H25N3O2. The van der Waals surface area contributed by atoms with Gasteiger partial charge in [0.25, 0.3) is 0 Å². The number of likely N-dealkylation sites (tertiary alicyclic amines) is 1. The second-order valence-corrected chi connectivity index (χ2v) is 5.43. The Morgan fingerprint density at radius 3 is 2.48 bits per heavy atom. The summed E-state index contributed by atoms with van der Waals surface area (Å²) in [5.41, 5.74) is 6.02. The van der Waals surface area contributed by atoms with E-state index in [2.05, 4.69) is 16.8 Å². The van der Waals surface area contributed by atoms with Crippen LogP contribution in [0.5, 0.6) is 11.5 Å². The Morgan fingerprint density at radius 2 is 1.86 bits per heavy atom. The van der Waals surface area contributed by atoms with E-state index in [0.717, 1.165) is 30.5 Å². The molecule has 0 saturated carbocycles. The minimum absolute atomic E-state index is 0.525. The number of nitrogens with two attached hydrogens (primary N) is 1. The third-order valence-electron chi connectivity index (χ3n) is 3.80. The lowest BCUT2D eigenvalue weighted by molar-refractivity contribution is 0.276. The Morgan fingerprint density at radius 1 is 1.24 bits per heavy atom. The van der Waals surface area contributed by atoms with Gasteiger partial charge in [-0.05, 0) is 43.0 Å². The van der Waals surface area contributed by atoms with Crippen molar-refractivity contribution >= 4 is 5.96 Å². The number of hydrogen-bond acceptors (Lipinski definition) is 3. The minimum atomic E-state index is 0.525. The van der Waals surface area contributed by atoms with Gasteiger partial charge in [-0.1, -0.05) is 6.92 Å². The van der Waals surface area contributed by atoms with E-state index in [4.69, 9.17) is 15.2 Å². The second kappa shape index (κ2) is 7.76. The Balaban J connectivity index is 1.71. The predicted molar refractivity (Wildman–Crippen MR) is 84.9 cm³/mol. The van der Waals surface area contributed by atoms with Crippen LogP contribution < -0.4 is 15.2 Å². The molecule has 0 bridgehead atoms. The minimum Gasteiger partial charge on any atom is -0.497 e. The first-order valence-electron chi connectivity index (χ1n) is 7.50. The highest BCUT2D eigenvalue weighted by Gasteiger charge is 2.16. The van der Waals surface area contributed by atoms with Crippen molar-refractivity contribution in [3.8, 4) is 11.5 Å². The van der Waals surface area contributed by atoms with Gasteiger partial charge in [-0.15, -0.1) is 0 Å². The molecule has 0 atom stereocenters. The molecule has 0 unspecified atom stereocenters. The Hall–Kier alpha value is -1.91. The molecule has 0 radical (unpaired) electrons. The maximum absolute atomic E-state index is 6.02. The Labute approximate surface area is 126 Å². The zero-order valence-electron chi connectivity index (χ0n) is 12.9. The summed E-state index contributed by atoms with van der Waals surface area (Å²) >= 11 is 0. The molecule has 1 aliphatic rings. The standard InChI is InChI=1S/C16H25N3O2/c1-13-7-10-19(11-8-13)16(17)18-9-12-21-15-5-3-14(20-2)4-6-15/h3-6,13H,7-12H2,1-2H3,(H2,17,18). The maximum Gasteiger partial charge on any atom is 0.191 e. The fourth-order valence-electron chi connectivity index (χ4n) is 2.33. The first-order chi connectivity index (χ1) is 10.2. The highest BCUT2D eigenvalue weighted by atomic mass is 16.5. The van der Waals surface area contributed by atoms with E-state index < -0.39 is 0 Å². The fourth-order valence-corrected chi connectivity index (χ4v) is 2.33. The van der Waals surface area contributed by atoms with Gasteiger partial charge in [0.05, 0.1) is 13.7 Å². The van der Waals surface area contributed by atoms with Crippen molar-refractivity contribution in [1.29, 1.82) is 0 Å². The van der Waals surface area contributed by atoms with E-state index >= 15 is 0 Å². The van der Waals surface area contributed by atoms with E-state index in [1.54, 1.807) is 7.11 Å². The predicted octanol–water partition coefficient (Wildman–Crippen LogP) is 2.12. The van der Waals surface area contributed by atoms with Crippen LogP contribution in [0.15, 0.2) is 29.3 Å². The van der Waals surface area contributed by atoms with Gasteiger partial charge in [0.2, 0.25) is 0 Å². The average Bonchev–Trinajstić information content (AvgIpc) is 2.52. The largest absolute Gasteiger partial charge is 0.497 e. The second-order valence-electron chi connectivity index (χ2n) is 5.43. The van der Waals surface area contributed by atoms with E-state index in [-0.39, 0.29) is 0 Å². The number of benzene rings is 1. The third kappa shape index (κ3) is 4.85. The molecule has 1 aliphatic heterocycles. The lowest BCUT2D eigenvalue weighted by Crippen LogP contribution is -2.42. The van der Waals surface area contributed by atoms with Crippen molar-refractivity contribution in [1.82, 2.24) is 4.90 Å². The average molecular weight is 291 g/mol. The van der Waals surface area contributed by atoms with Crippen molar-refractivity contribution in [2.45, 2.75) is 19.8 Å². The molecular weight excluding hydrogens is 266 g/mol. The molecule has 1 aromatic carbocycles. The maximum atomic E-state index is 6.02. The highest BCUT2D eigenvalue weighted by Crippen LogP contribution is 2.17. The van der Waals surface area contributed by atoms with Crippen molar-refractivity contribution < 1.29 is 9.47 Å². The Kier molecular flexibility index (Phi) is 5.72. The smallest absolute Gasteiger partial charge is 0.191 e. The number of nitrogens with zero attached hydrogens (tertiary/aromatic N) is 2. The van der Waals surface area contributed by atoms with Gasteiger partial charge in [0.1, 0.15) is 18.1 Å². The lowest BCUT2D eigenvalue weighted by atomic mass is 10.00. The SMILES string of the molecule is COc1ccc(OCCN=C(N)N2CCC(C)CC2)cc1. The van der Waals surface area contributed by atoms with Gasteiger partial charge in [0.15, 0.2) is 5.96 Å². The van der Waals surface area contributed by atoms with Crippen LogP contribution in [0.25, 0.3) is 0 Å². The molecule has 0 aliphatic carbocycles. The normalized spacial score (nSPS) is 16.9. The monoisotopic (exact) mass is 291 g/mol. The third-order valence-corrected chi connectivity index (χ3v) is 3.80. The molecule has 0 aromatic heterocycles. The summed E-state index contributed by atoms with van der Waals surface area (Å²) < 4.78 is 10.7. The summed E-state index contributed by atoms with van der Waals surface area (Å²) in [6.45, 7) is 5.40. The molecule has 1 aromatic rings. The molecule has 2 rings (SSSR count). The topological polar surface area (TPSA) is 60.1 Å². The quantitative estimate of drug-likeness (QED) is 0.513. The van der Waals surface area contributed by atoms with Crippen LogP contribution in [0.3, 0.4) is 0 Å². The summed E-state index contributed by atoms with van der Waals surface area (Å²) in [5.74, 6) is 3.08. The number of methoxy groups -OCH3 is 1. The van der Waals surface area contributed by atoms with Crippen LogP contribution in [0.1, 0.15) is 19.8 Å². The van der Waals surface area contributed by atoms with Crippen LogP contribution in [-0.2, 0) is 0 Å². The zero-order chi connectivity index (χ0) is 15.1. The molecule has 1 fully saturated rings. The number of aliphatic imine (C=N–C) groups is 1. The summed E-state index contributed by atoms with van der Waals surface area (Å²) in [7, 11) is 1.65. The molecule has 21 heavy (non-hydrogen) atoms. The van der Waals surface area contributed by atoms with Crippen LogP contribution >= 0.6 is 0 Å². The van der Waals surface area contributed by atoms with Crippen molar-refractivity contribution in [2.24, 2.45) is 16.6 Å². The van der Waals surface area contributed by atoms with Crippen LogP contribution in [-0.4, -0.2) is 44.2 Å². The number of ether oxygens (including phenoxy) is 2. The first kappa shape index (κ1) is 15.5. The number of rotatable bonds is 5. The Bertz CT molecular complexity index is 451. The molecule has 116 valence electrons. The van der Waals surface area contributed by atoms with Crippen molar-refractivity contribution in [3.05, 3.63) is 24.3 Å². The van der Waals surface area contributed by atoms with E-state index in [1.165, 1.54) is 12.8 Å². The molecule has 1 heterocycles. The van der Waals surface area contributed by atoms with Gasteiger partial charge in [-0.3, -0.25) is 0 Å². The van der Waals surface area contributed by atoms with Crippen molar-refractivity contribution in [2.75, 3.05) is 33.4 Å². The molecule has 2 N–H and O–H groups in total. The van der Waals surface area contributed by atoms with Crippen LogP contribution in [0.2, 0.25) is 0 Å². The van der Waals surface area contributed by atoms with E-state index in [9.17, 15) is 0 Å². The van der Waals surface area contributed by atoms with Gasteiger partial charge >= 0.3 is 0 Å². The van der Waals surface area contributed by atoms with Gasteiger partial charge in [-0.2, -0.15) is 0 Å². The highest BCUT2D eigenvalue weighted by molar-refractivity contribution is 5.78. The number of piperidine rings is 1. The molecule has 5 heteroatoms. The summed E-state index contributed by atoms with van der Waals surface area (Å²) in [4.78, 5) is 6.55. The molecule has 0 spiro atoms.